The van der Waals surface area contributed by atoms with Gasteiger partial charge in [-0.15, -0.1) is 11.3 Å². The monoisotopic (exact) mass is 271 g/mol. The number of nitrogens with zero attached hydrogens (tertiary/aromatic N) is 1. The lowest BCUT2D eigenvalue weighted by Crippen LogP contribution is -1.96. The number of hydrogen-bond donors (Lipinski definition) is 0. The van der Waals surface area contributed by atoms with E-state index in [2.05, 4.69) is 9.72 Å². The van der Waals surface area contributed by atoms with Crippen molar-refractivity contribution in [1.29, 1.82) is 0 Å². The van der Waals surface area contributed by atoms with Crippen LogP contribution in [0.5, 0.6) is 0 Å². The normalized spacial score (nSPS) is 10.3. The van der Waals surface area contributed by atoms with Crippen molar-refractivity contribution in [2.45, 2.75) is 0 Å². The average molecular weight is 272 g/mol. The summed E-state index contributed by atoms with van der Waals surface area (Å²) < 4.78 is 18.1. The molecule has 0 spiro atoms. The van der Waals surface area contributed by atoms with Crippen LogP contribution in [0.15, 0.2) is 24.4 Å². The fraction of sp³-hybridized carbons (Fsp3) is 0.0909. The molecule has 88 valence electrons. The summed E-state index contributed by atoms with van der Waals surface area (Å²) >= 11 is 6.93. The van der Waals surface area contributed by atoms with E-state index in [9.17, 15) is 9.18 Å². The van der Waals surface area contributed by atoms with Crippen LogP contribution in [0, 0.1) is 5.82 Å². The third-order valence-electron chi connectivity index (χ3n) is 2.07. The van der Waals surface area contributed by atoms with Gasteiger partial charge in [0.15, 0.2) is 0 Å². The van der Waals surface area contributed by atoms with Gasteiger partial charge in [0.05, 0.1) is 23.9 Å². The quantitative estimate of drug-likeness (QED) is 0.786. The van der Waals surface area contributed by atoms with E-state index in [-0.39, 0.29) is 10.6 Å². The summed E-state index contributed by atoms with van der Waals surface area (Å²) in [6, 6.07) is 4.37. The molecule has 0 amide bonds. The number of ether oxygens (including phenoxy) is 1. The predicted octanol–water partition coefficient (Wildman–Crippen LogP) is 3.39. The molecule has 1 aromatic carbocycles. The lowest BCUT2D eigenvalue weighted by atomic mass is 10.2. The van der Waals surface area contributed by atoms with Gasteiger partial charge in [-0.25, -0.2) is 14.2 Å². The maximum atomic E-state index is 13.6. The van der Waals surface area contributed by atoms with E-state index in [4.69, 9.17) is 11.6 Å². The van der Waals surface area contributed by atoms with Crippen LogP contribution in [-0.2, 0) is 4.74 Å². The maximum absolute atomic E-state index is 13.6. The highest BCUT2D eigenvalue weighted by atomic mass is 35.5. The summed E-state index contributed by atoms with van der Waals surface area (Å²) in [6.45, 7) is 0. The van der Waals surface area contributed by atoms with Crippen LogP contribution in [0.4, 0.5) is 4.39 Å². The van der Waals surface area contributed by atoms with Gasteiger partial charge in [-0.3, -0.25) is 0 Å². The smallest absolute Gasteiger partial charge is 0.349 e. The summed E-state index contributed by atoms with van der Waals surface area (Å²) in [5.74, 6) is -0.968. The van der Waals surface area contributed by atoms with Gasteiger partial charge in [0.2, 0.25) is 0 Å². The first-order valence-electron chi connectivity index (χ1n) is 4.62. The Morgan fingerprint density at radius 3 is 2.94 bits per heavy atom. The molecule has 0 unspecified atom stereocenters. The Kier molecular flexibility index (Phi) is 3.40. The molecule has 6 heteroatoms. The Morgan fingerprint density at radius 1 is 1.53 bits per heavy atom. The minimum Gasteiger partial charge on any atom is -0.465 e. The third-order valence-corrected chi connectivity index (χ3v) is 3.38. The van der Waals surface area contributed by atoms with Crippen molar-refractivity contribution in [1.82, 2.24) is 4.98 Å². The number of carbonyl (C=O) groups is 1. The lowest BCUT2D eigenvalue weighted by molar-refractivity contribution is 0.0606. The van der Waals surface area contributed by atoms with Gasteiger partial charge in [0.1, 0.15) is 15.7 Å². The zero-order chi connectivity index (χ0) is 12.4. The van der Waals surface area contributed by atoms with Crippen LogP contribution in [0.1, 0.15) is 9.67 Å². The molecule has 17 heavy (non-hydrogen) atoms. The number of rotatable bonds is 2. The molecule has 3 nitrogen and oxygen atoms in total. The van der Waals surface area contributed by atoms with Crippen molar-refractivity contribution in [3.8, 4) is 10.6 Å². The molecule has 0 saturated carbocycles. The second-order valence-electron chi connectivity index (χ2n) is 3.12. The minimum atomic E-state index is -0.499. The van der Waals surface area contributed by atoms with Crippen molar-refractivity contribution in [3.05, 3.63) is 40.1 Å². The molecule has 0 aliphatic carbocycles. The topological polar surface area (TPSA) is 39.2 Å². The Morgan fingerprint density at radius 2 is 2.29 bits per heavy atom. The highest BCUT2D eigenvalue weighted by Crippen LogP contribution is 2.33. The standard InChI is InChI=1S/C11H7ClFNO2S/c1-16-11(15)8-5-14-10(17-8)9-6(12)3-2-4-7(9)13/h2-5H,1H3. The van der Waals surface area contributed by atoms with E-state index in [1.807, 2.05) is 0 Å². The lowest BCUT2D eigenvalue weighted by Gasteiger charge is -2.00. The summed E-state index contributed by atoms with van der Waals surface area (Å²) in [4.78, 5) is 15.5. The van der Waals surface area contributed by atoms with Crippen molar-refractivity contribution < 1.29 is 13.9 Å². The number of carbonyl (C=O) groups excluding carboxylic acids is 1. The number of halogens is 2. The second kappa shape index (κ2) is 4.81. The van der Waals surface area contributed by atoms with E-state index in [1.165, 1.54) is 25.4 Å². The van der Waals surface area contributed by atoms with Crippen molar-refractivity contribution >= 4 is 28.9 Å². The number of esters is 1. The Bertz CT molecular complexity index is 550. The Balaban J connectivity index is 2.47. The SMILES string of the molecule is COC(=O)c1cnc(-c2c(F)cccc2Cl)s1. The molecule has 0 saturated heterocycles. The number of benzene rings is 1. The minimum absolute atomic E-state index is 0.203. The Hall–Kier alpha value is -1.46. The van der Waals surface area contributed by atoms with Gasteiger partial charge in [0.25, 0.3) is 0 Å². The number of hydrogen-bond acceptors (Lipinski definition) is 4. The fourth-order valence-corrected chi connectivity index (χ4v) is 2.49. The van der Waals surface area contributed by atoms with Crippen molar-refractivity contribution in [3.63, 3.8) is 0 Å². The molecule has 0 bridgehead atoms. The fourth-order valence-electron chi connectivity index (χ4n) is 1.29. The van der Waals surface area contributed by atoms with Crippen LogP contribution >= 0.6 is 22.9 Å². The summed E-state index contributed by atoms with van der Waals surface area (Å²) in [5.41, 5.74) is 0.203. The van der Waals surface area contributed by atoms with Crippen LogP contribution < -0.4 is 0 Å². The molecule has 0 aliphatic rings. The summed E-state index contributed by atoms with van der Waals surface area (Å²) in [5, 5.41) is 0.615. The van der Waals surface area contributed by atoms with Crippen LogP contribution in [0.25, 0.3) is 10.6 Å². The van der Waals surface area contributed by atoms with E-state index in [0.717, 1.165) is 11.3 Å². The largest absolute Gasteiger partial charge is 0.465 e. The molecule has 0 N–H and O–H groups in total. The molecule has 0 aliphatic heterocycles. The van der Waals surface area contributed by atoms with E-state index < -0.39 is 11.8 Å². The first kappa shape index (κ1) is 12.0. The molecule has 0 atom stereocenters. The molecule has 2 aromatic rings. The maximum Gasteiger partial charge on any atom is 0.349 e. The average Bonchev–Trinajstić information content (AvgIpc) is 2.77. The van der Waals surface area contributed by atoms with Crippen molar-refractivity contribution in [2.75, 3.05) is 7.11 Å². The molecule has 0 radical (unpaired) electrons. The van der Waals surface area contributed by atoms with Crippen LogP contribution in [-0.4, -0.2) is 18.1 Å². The molecule has 1 heterocycles. The predicted molar refractivity (Wildman–Crippen MR) is 63.9 cm³/mol. The zero-order valence-electron chi connectivity index (χ0n) is 8.74. The van der Waals surface area contributed by atoms with Gasteiger partial charge in [0, 0.05) is 0 Å². The summed E-state index contributed by atoms with van der Waals surface area (Å²) in [6.07, 6.45) is 1.34. The van der Waals surface area contributed by atoms with E-state index in [0.29, 0.717) is 9.88 Å². The first-order valence-corrected chi connectivity index (χ1v) is 5.81. The zero-order valence-corrected chi connectivity index (χ0v) is 10.3. The molecular formula is C11H7ClFNO2S. The van der Waals surface area contributed by atoms with Gasteiger partial charge in [-0.2, -0.15) is 0 Å². The third kappa shape index (κ3) is 2.30. The summed E-state index contributed by atoms with van der Waals surface area (Å²) in [7, 11) is 1.28. The number of aromatic nitrogens is 1. The van der Waals surface area contributed by atoms with Gasteiger partial charge >= 0.3 is 5.97 Å². The van der Waals surface area contributed by atoms with Gasteiger partial charge < -0.3 is 4.74 Å². The van der Waals surface area contributed by atoms with Crippen LogP contribution in [0.3, 0.4) is 0 Å². The molecule has 2 rings (SSSR count). The molecule has 1 aromatic heterocycles. The van der Waals surface area contributed by atoms with Gasteiger partial charge in [-0.05, 0) is 12.1 Å². The second-order valence-corrected chi connectivity index (χ2v) is 4.56. The molecule has 0 fully saturated rings. The van der Waals surface area contributed by atoms with Gasteiger partial charge in [-0.1, -0.05) is 17.7 Å². The van der Waals surface area contributed by atoms with E-state index in [1.54, 1.807) is 6.07 Å². The number of methoxy groups -OCH3 is 1. The highest BCUT2D eigenvalue weighted by molar-refractivity contribution is 7.16. The number of thiazole rings is 1. The Labute approximate surface area is 106 Å². The first-order chi connectivity index (χ1) is 8.13. The van der Waals surface area contributed by atoms with E-state index >= 15 is 0 Å². The van der Waals surface area contributed by atoms with Crippen molar-refractivity contribution in [2.24, 2.45) is 0 Å². The highest BCUT2D eigenvalue weighted by Gasteiger charge is 2.16. The molecular weight excluding hydrogens is 265 g/mol. The van der Waals surface area contributed by atoms with Crippen LogP contribution in [0.2, 0.25) is 5.02 Å².